The first-order chi connectivity index (χ1) is 12.0. The topological polar surface area (TPSA) is 106 Å². The zero-order valence-corrected chi connectivity index (χ0v) is 13.6. The molecule has 2 heterocycles. The Morgan fingerprint density at radius 1 is 1.20 bits per heavy atom. The predicted molar refractivity (Wildman–Crippen MR) is 87.2 cm³/mol. The van der Waals surface area contributed by atoms with Crippen LogP contribution in [0.2, 0.25) is 0 Å². The molecule has 4 amide bonds. The number of hydrogen-bond donors (Lipinski definition) is 3. The van der Waals surface area contributed by atoms with Gasteiger partial charge in [0.25, 0.3) is 11.7 Å². The molecule has 1 spiro atoms. The Balaban J connectivity index is 1.34. The molecule has 1 unspecified atom stereocenters. The number of carbonyl (C=O) groups is 3. The first-order valence-electron chi connectivity index (χ1n) is 8.46. The Bertz CT molecular complexity index is 742. The van der Waals surface area contributed by atoms with Crippen molar-refractivity contribution in [1.29, 1.82) is 0 Å². The van der Waals surface area contributed by atoms with Gasteiger partial charge in [-0.05, 0) is 31.4 Å². The summed E-state index contributed by atoms with van der Waals surface area (Å²) in [7, 11) is 0. The number of fused-ring (bicyclic) bond motifs is 1. The molecule has 1 aromatic carbocycles. The third kappa shape index (κ3) is 3.11. The van der Waals surface area contributed by atoms with Crippen LogP contribution in [0, 0.1) is 0 Å². The minimum absolute atomic E-state index is 0.122. The molecule has 1 saturated heterocycles. The number of ether oxygens (including phenoxy) is 2. The monoisotopic (exact) mass is 345 g/mol. The predicted octanol–water partition coefficient (Wildman–Crippen LogP) is 1.65. The van der Waals surface area contributed by atoms with Gasteiger partial charge >= 0.3 is 6.03 Å². The second-order valence-electron chi connectivity index (χ2n) is 6.59. The van der Waals surface area contributed by atoms with Gasteiger partial charge in [0.1, 0.15) is 6.04 Å². The van der Waals surface area contributed by atoms with Gasteiger partial charge in [-0.3, -0.25) is 14.9 Å². The molecule has 8 nitrogen and oxygen atoms in total. The van der Waals surface area contributed by atoms with E-state index in [1.807, 2.05) is 0 Å². The SMILES string of the molecule is O=C(CCC1NC(=O)NC1=O)Nc1ccc2c(c1)OC1(CCCC1)O2. The highest BCUT2D eigenvalue weighted by Gasteiger charge is 2.44. The Hall–Kier alpha value is -2.77. The first-order valence-corrected chi connectivity index (χ1v) is 8.46. The van der Waals surface area contributed by atoms with Gasteiger partial charge in [0.15, 0.2) is 11.5 Å². The molecule has 132 valence electrons. The maximum absolute atomic E-state index is 12.1. The third-order valence-corrected chi connectivity index (χ3v) is 4.70. The van der Waals surface area contributed by atoms with Crippen LogP contribution < -0.4 is 25.4 Å². The number of hydrogen-bond acceptors (Lipinski definition) is 5. The van der Waals surface area contributed by atoms with Crippen molar-refractivity contribution in [3.63, 3.8) is 0 Å². The van der Waals surface area contributed by atoms with Gasteiger partial charge in [-0.25, -0.2) is 4.79 Å². The number of carbonyl (C=O) groups excluding carboxylic acids is 3. The minimum atomic E-state index is -0.655. The quantitative estimate of drug-likeness (QED) is 0.720. The van der Waals surface area contributed by atoms with Crippen molar-refractivity contribution in [1.82, 2.24) is 10.6 Å². The van der Waals surface area contributed by atoms with Crippen molar-refractivity contribution in [3.8, 4) is 11.5 Å². The summed E-state index contributed by atoms with van der Waals surface area (Å²) in [6, 6.07) is 4.13. The van der Waals surface area contributed by atoms with E-state index in [1.54, 1.807) is 18.2 Å². The molecule has 0 aromatic heterocycles. The van der Waals surface area contributed by atoms with Crippen molar-refractivity contribution in [2.24, 2.45) is 0 Å². The van der Waals surface area contributed by atoms with E-state index >= 15 is 0 Å². The van der Waals surface area contributed by atoms with Crippen LogP contribution in [0.3, 0.4) is 0 Å². The summed E-state index contributed by atoms with van der Waals surface area (Å²) in [5.74, 6) is 0.178. The number of nitrogens with one attached hydrogen (secondary N) is 3. The number of anilines is 1. The average Bonchev–Trinajstić information content (AvgIpc) is 3.24. The van der Waals surface area contributed by atoms with Gasteiger partial charge in [-0.1, -0.05) is 0 Å². The summed E-state index contributed by atoms with van der Waals surface area (Å²) in [5.41, 5.74) is 0.613. The van der Waals surface area contributed by atoms with E-state index in [0.717, 1.165) is 25.7 Å². The average molecular weight is 345 g/mol. The maximum Gasteiger partial charge on any atom is 0.322 e. The molecule has 1 atom stereocenters. The van der Waals surface area contributed by atoms with Gasteiger partial charge < -0.3 is 20.1 Å². The molecule has 8 heteroatoms. The van der Waals surface area contributed by atoms with Crippen LogP contribution in [0.1, 0.15) is 38.5 Å². The fourth-order valence-electron chi connectivity index (χ4n) is 3.45. The smallest absolute Gasteiger partial charge is 0.322 e. The fourth-order valence-corrected chi connectivity index (χ4v) is 3.45. The second-order valence-corrected chi connectivity index (χ2v) is 6.59. The Morgan fingerprint density at radius 3 is 2.68 bits per heavy atom. The second kappa shape index (κ2) is 5.94. The zero-order chi connectivity index (χ0) is 17.4. The fraction of sp³-hybridized carbons (Fsp3) is 0.471. The summed E-state index contributed by atoms with van der Waals surface area (Å²) >= 11 is 0. The molecule has 25 heavy (non-hydrogen) atoms. The van der Waals surface area contributed by atoms with Gasteiger partial charge in [0, 0.05) is 31.0 Å². The van der Waals surface area contributed by atoms with Gasteiger partial charge in [-0.2, -0.15) is 0 Å². The summed E-state index contributed by atoms with van der Waals surface area (Å²) in [5, 5.41) is 7.39. The molecule has 1 aliphatic carbocycles. The highest BCUT2D eigenvalue weighted by molar-refractivity contribution is 6.04. The molecule has 2 aliphatic heterocycles. The van der Waals surface area contributed by atoms with E-state index in [9.17, 15) is 14.4 Å². The molecule has 1 aromatic rings. The Morgan fingerprint density at radius 2 is 1.96 bits per heavy atom. The van der Waals surface area contributed by atoms with E-state index in [-0.39, 0.29) is 18.7 Å². The normalized spacial score (nSPS) is 22.8. The lowest BCUT2D eigenvalue weighted by Crippen LogP contribution is -2.34. The van der Waals surface area contributed by atoms with Crippen LogP contribution in [0.5, 0.6) is 11.5 Å². The van der Waals surface area contributed by atoms with E-state index in [2.05, 4.69) is 16.0 Å². The van der Waals surface area contributed by atoms with Crippen molar-refractivity contribution >= 4 is 23.5 Å². The summed E-state index contributed by atoms with van der Waals surface area (Å²) < 4.78 is 11.9. The Labute approximate surface area is 144 Å². The highest BCUT2D eigenvalue weighted by atomic mass is 16.7. The van der Waals surface area contributed by atoms with Gasteiger partial charge in [-0.15, -0.1) is 0 Å². The van der Waals surface area contributed by atoms with Crippen LogP contribution in [0.25, 0.3) is 0 Å². The van der Waals surface area contributed by atoms with Crippen LogP contribution in [-0.4, -0.2) is 29.7 Å². The number of imide groups is 1. The summed E-state index contributed by atoms with van der Waals surface area (Å²) in [4.78, 5) is 34.6. The van der Waals surface area contributed by atoms with Gasteiger partial charge in [0.2, 0.25) is 5.91 Å². The lowest BCUT2D eigenvalue weighted by molar-refractivity contribution is -0.120. The standard InChI is InChI=1S/C17H19N3O5/c21-14(6-4-11-15(22)20-16(23)19-11)18-10-3-5-12-13(9-10)25-17(24-12)7-1-2-8-17/h3,5,9,11H,1-2,4,6-8H2,(H,18,21)(H2,19,20,22,23). The number of urea groups is 1. The molecule has 3 aliphatic rings. The lowest BCUT2D eigenvalue weighted by atomic mass is 10.1. The van der Waals surface area contributed by atoms with Crippen LogP contribution in [0.4, 0.5) is 10.5 Å². The van der Waals surface area contributed by atoms with Crippen LogP contribution in [-0.2, 0) is 9.59 Å². The highest BCUT2D eigenvalue weighted by Crippen LogP contribution is 2.47. The molecule has 2 fully saturated rings. The Kier molecular flexibility index (Phi) is 3.74. The van der Waals surface area contributed by atoms with E-state index in [1.165, 1.54) is 0 Å². The van der Waals surface area contributed by atoms with E-state index in [4.69, 9.17) is 9.47 Å². The number of benzene rings is 1. The molecule has 0 bridgehead atoms. The van der Waals surface area contributed by atoms with Crippen LogP contribution >= 0.6 is 0 Å². The molecule has 0 radical (unpaired) electrons. The molecule has 1 saturated carbocycles. The van der Waals surface area contributed by atoms with Crippen LogP contribution in [0.15, 0.2) is 18.2 Å². The molecular weight excluding hydrogens is 326 g/mol. The number of amides is 4. The minimum Gasteiger partial charge on any atom is -0.448 e. The molecular formula is C17H19N3O5. The van der Waals surface area contributed by atoms with E-state index < -0.39 is 23.8 Å². The zero-order valence-electron chi connectivity index (χ0n) is 13.6. The summed E-state index contributed by atoms with van der Waals surface area (Å²) in [6.07, 6.45) is 4.29. The van der Waals surface area contributed by atoms with Crippen molar-refractivity contribution in [2.75, 3.05) is 5.32 Å². The first kappa shape index (κ1) is 15.7. The molecule has 3 N–H and O–H groups in total. The van der Waals surface area contributed by atoms with Crippen molar-refractivity contribution < 1.29 is 23.9 Å². The van der Waals surface area contributed by atoms with Crippen molar-refractivity contribution in [3.05, 3.63) is 18.2 Å². The lowest BCUT2D eigenvalue weighted by Gasteiger charge is -2.21. The number of rotatable bonds is 4. The molecule has 4 rings (SSSR count). The summed E-state index contributed by atoms with van der Waals surface area (Å²) in [6.45, 7) is 0. The van der Waals surface area contributed by atoms with Crippen molar-refractivity contribution in [2.45, 2.75) is 50.4 Å². The third-order valence-electron chi connectivity index (χ3n) is 4.70. The maximum atomic E-state index is 12.1. The van der Waals surface area contributed by atoms with E-state index in [0.29, 0.717) is 17.2 Å². The van der Waals surface area contributed by atoms with Gasteiger partial charge in [0.05, 0.1) is 0 Å². The largest absolute Gasteiger partial charge is 0.448 e.